The Balaban J connectivity index is 1.09. The predicted octanol–water partition coefficient (Wildman–Crippen LogP) is 16.5. The molecule has 1 nitrogen and oxygen atoms in total. The monoisotopic (exact) mass is 815 g/mol. The standard InChI is InChI=1S/C63H45N/c64-63-55-31-16-15-21-46(55)38-39-56(63)59(54-37-34-43-18-13-14-28-51(43)41-54)50-35-32-44(33-36-50)52-29-17-30-53(40-52)58-42-57(45-19-5-1-6-20-45)60(47-22-7-2-8-23-47)62(49-26-11-4-12-27-49)61(58)48-24-9-3-10-25-48/h1-40,42H,41,64H2/b59-54-. The topological polar surface area (TPSA) is 26.0 Å². The largest absolute Gasteiger partial charge is 0.398 e. The quantitative estimate of drug-likeness (QED) is 0.152. The molecule has 64 heavy (non-hydrogen) atoms. The molecule has 0 heterocycles. The van der Waals surface area contributed by atoms with E-state index >= 15 is 0 Å². The number of allylic oxidation sites excluding steroid dienone is 2. The molecule has 302 valence electrons. The highest BCUT2D eigenvalue weighted by atomic mass is 14.6. The molecule has 0 radical (unpaired) electrons. The number of hydrogen-bond donors (Lipinski definition) is 1. The van der Waals surface area contributed by atoms with Crippen molar-refractivity contribution in [3.63, 3.8) is 0 Å². The SMILES string of the molecule is Nc1c(/C(=C2/C=Cc3ccccc3C2)c2ccc(-c3cccc(-c4cc(-c5ccccc5)c(-c5ccccc5)c(-c5ccccc5)c4-c4ccccc4)c3)cc2)ccc2ccccc12. The van der Waals surface area contributed by atoms with E-state index in [0.29, 0.717) is 0 Å². The third-order valence-electron chi connectivity index (χ3n) is 12.7. The van der Waals surface area contributed by atoms with Gasteiger partial charge in [0.2, 0.25) is 0 Å². The van der Waals surface area contributed by atoms with Crippen molar-refractivity contribution in [2.75, 3.05) is 5.73 Å². The Hall–Kier alpha value is -8.26. The molecular formula is C63H45N. The second-order valence-electron chi connectivity index (χ2n) is 16.6. The molecule has 1 heteroatoms. The van der Waals surface area contributed by atoms with Crippen molar-refractivity contribution in [2.45, 2.75) is 6.42 Å². The highest BCUT2D eigenvalue weighted by Gasteiger charge is 2.24. The van der Waals surface area contributed by atoms with Gasteiger partial charge in [0.25, 0.3) is 0 Å². The van der Waals surface area contributed by atoms with Gasteiger partial charge in [0, 0.05) is 16.6 Å². The zero-order valence-corrected chi connectivity index (χ0v) is 35.5. The van der Waals surface area contributed by atoms with E-state index in [4.69, 9.17) is 5.73 Å². The third kappa shape index (κ3) is 7.23. The van der Waals surface area contributed by atoms with Gasteiger partial charge >= 0.3 is 0 Å². The van der Waals surface area contributed by atoms with Crippen LogP contribution in [0.1, 0.15) is 22.3 Å². The summed E-state index contributed by atoms with van der Waals surface area (Å²) in [5, 5.41) is 2.22. The molecule has 2 N–H and O–H groups in total. The van der Waals surface area contributed by atoms with Crippen LogP contribution < -0.4 is 5.73 Å². The fourth-order valence-corrected chi connectivity index (χ4v) is 9.67. The number of nitrogen functional groups attached to an aromatic ring is 1. The molecule has 0 fully saturated rings. The number of fused-ring (bicyclic) bond motifs is 2. The lowest BCUT2D eigenvalue weighted by Gasteiger charge is -2.24. The summed E-state index contributed by atoms with van der Waals surface area (Å²) in [7, 11) is 0. The zero-order valence-electron chi connectivity index (χ0n) is 35.5. The molecule has 0 spiro atoms. The molecule has 0 saturated heterocycles. The van der Waals surface area contributed by atoms with Crippen molar-refractivity contribution in [3.8, 4) is 66.8 Å². The van der Waals surface area contributed by atoms with Crippen LogP contribution in [-0.2, 0) is 6.42 Å². The Morgan fingerprint density at radius 3 is 1.56 bits per heavy atom. The number of hydrogen-bond acceptors (Lipinski definition) is 1. The Kier molecular flexibility index (Phi) is 10.2. The Morgan fingerprint density at radius 2 is 0.891 bits per heavy atom. The van der Waals surface area contributed by atoms with E-state index in [1.807, 2.05) is 0 Å². The van der Waals surface area contributed by atoms with Crippen molar-refractivity contribution >= 4 is 28.1 Å². The van der Waals surface area contributed by atoms with Crippen molar-refractivity contribution in [2.24, 2.45) is 0 Å². The van der Waals surface area contributed by atoms with Crippen LogP contribution in [0.2, 0.25) is 0 Å². The number of benzene rings is 10. The summed E-state index contributed by atoms with van der Waals surface area (Å²) < 4.78 is 0. The lowest BCUT2D eigenvalue weighted by molar-refractivity contribution is 1.17. The van der Waals surface area contributed by atoms with E-state index in [0.717, 1.165) is 50.7 Å². The first-order valence-electron chi connectivity index (χ1n) is 22.1. The minimum Gasteiger partial charge on any atom is -0.398 e. The van der Waals surface area contributed by atoms with Gasteiger partial charge in [-0.2, -0.15) is 0 Å². The van der Waals surface area contributed by atoms with E-state index in [2.05, 4.69) is 249 Å². The first-order chi connectivity index (χ1) is 31.7. The van der Waals surface area contributed by atoms with Crippen LogP contribution in [0.5, 0.6) is 0 Å². The average molecular weight is 816 g/mol. The van der Waals surface area contributed by atoms with Crippen LogP contribution in [0.4, 0.5) is 5.69 Å². The maximum atomic E-state index is 7.09. The Labute approximate surface area is 375 Å². The van der Waals surface area contributed by atoms with E-state index in [-0.39, 0.29) is 0 Å². The Bertz CT molecular complexity index is 3360. The summed E-state index contributed by atoms with van der Waals surface area (Å²) in [6, 6.07) is 85.6. The molecule has 0 bridgehead atoms. The molecule has 0 saturated carbocycles. The highest BCUT2D eigenvalue weighted by molar-refractivity contribution is 6.08. The van der Waals surface area contributed by atoms with Gasteiger partial charge in [0.05, 0.1) is 0 Å². The van der Waals surface area contributed by atoms with Crippen LogP contribution in [-0.4, -0.2) is 0 Å². The second-order valence-corrected chi connectivity index (χ2v) is 16.6. The van der Waals surface area contributed by atoms with Gasteiger partial charge in [0.1, 0.15) is 0 Å². The van der Waals surface area contributed by atoms with Gasteiger partial charge < -0.3 is 5.73 Å². The first kappa shape index (κ1) is 38.6. The number of rotatable bonds is 8. The lowest BCUT2D eigenvalue weighted by atomic mass is 9.78. The second kappa shape index (κ2) is 16.9. The maximum Gasteiger partial charge on any atom is 0.0473 e. The predicted molar refractivity (Wildman–Crippen MR) is 273 cm³/mol. The fourth-order valence-electron chi connectivity index (χ4n) is 9.67. The normalized spacial score (nSPS) is 12.8. The van der Waals surface area contributed by atoms with E-state index in [1.54, 1.807) is 0 Å². The number of anilines is 1. The lowest BCUT2D eigenvalue weighted by Crippen LogP contribution is -2.04. The van der Waals surface area contributed by atoms with Crippen LogP contribution in [0.15, 0.2) is 248 Å². The minimum atomic E-state index is 0.807. The molecule has 10 aromatic rings. The van der Waals surface area contributed by atoms with Crippen LogP contribution >= 0.6 is 0 Å². The summed E-state index contributed by atoms with van der Waals surface area (Å²) in [6.45, 7) is 0. The smallest absolute Gasteiger partial charge is 0.0473 e. The molecule has 0 aromatic heterocycles. The summed E-state index contributed by atoms with van der Waals surface area (Å²) in [5.41, 5.74) is 29.3. The summed E-state index contributed by atoms with van der Waals surface area (Å²) in [6.07, 6.45) is 5.36. The molecule has 1 aliphatic rings. The van der Waals surface area contributed by atoms with E-state index < -0.39 is 0 Å². The fraction of sp³-hybridized carbons (Fsp3) is 0.0159. The molecule has 0 unspecified atom stereocenters. The van der Waals surface area contributed by atoms with Gasteiger partial charge in [-0.25, -0.2) is 0 Å². The molecular weight excluding hydrogens is 771 g/mol. The number of nitrogens with two attached hydrogens (primary N) is 1. The average Bonchev–Trinajstić information content (AvgIpc) is 3.38. The summed E-state index contributed by atoms with van der Waals surface area (Å²) >= 11 is 0. The van der Waals surface area contributed by atoms with Gasteiger partial charge in [-0.3, -0.25) is 0 Å². The Morgan fingerprint density at radius 1 is 0.359 bits per heavy atom. The van der Waals surface area contributed by atoms with E-state index in [9.17, 15) is 0 Å². The molecule has 0 atom stereocenters. The first-order valence-corrected chi connectivity index (χ1v) is 22.1. The van der Waals surface area contributed by atoms with E-state index in [1.165, 1.54) is 72.3 Å². The summed E-state index contributed by atoms with van der Waals surface area (Å²) in [5.74, 6) is 0. The van der Waals surface area contributed by atoms with Crippen molar-refractivity contribution in [3.05, 3.63) is 270 Å². The minimum absolute atomic E-state index is 0.807. The van der Waals surface area contributed by atoms with Gasteiger partial charge in [-0.1, -0.05) is 237 Å². The molecule has 11 rings (SSSR count). The van der Waals surface area contributed by atoms with Crippen LogP contribution in [0, 0.1) is 0 Å². The molecule has 0 aliphatic heterocycles. The summed E-state index contributed by atoms with van der Waals surface area (Å²) in [4.78, 5) is 0. The molecule has 10 aromatic carbocycles. The van der Waals surface area contributed by atoms with Gasteiger partial charge in [0.15, 0.2) is 0 Å². The van der Waals surface area contributed by atoms with Crippen LogP contribution in [0.25, 0.3) is 89.2 Å². The third-order valence-corrected chi connectivity index (χ3v) is 12.7. The van der Waals surface area contributed by atoms with Crippen molar-refractivity contribution < 1.29 is 0 Å². The van der Waals surface area contributed by atoms with Gasteiger partial charge in [-0.15, -0.1) is 0 Å². The molecule has 1 aliphatic carbocycles. The zero-order chi connectivity index (χ0) is 42.8. The van der Waals surface area contributed by atoms with Crippen LogP contribution in [0.3, 0.4) is 0 Å². The van der Waals surface area contributed by atoms with Crippen molar-refractivity contribution in [1.82, 2.24) is 0 Å². The van der Waals surface area contributed by atoms with Crippen molar-refractivity contribution in [1.29, 1.82) is 0 Å². The maximum absolute atomic E-state index is 7.09. The molecule has 0 amide bonds. The highest BCUT2D eigenvalue weighted by Crippen LogP contribution is 2.50. The van der Waals surface area contributed by atoms with Gasteiger partial charge in [-0.05, 0) is 119 Å².